The summed E-state index contributed by atoms with van der Waals surface area (Å²) in [5.41, 5.74) is 2.15. The molecule has 4 nitrogen and oxygen atoms in total. The zero-order valence-electron chi connectivity index (χ0n) is 16.5. The van der Waals surface area contributed by atoms with E-state index < -0.39 is 0 Å². The van der Waals surface area contributed by atoms with Gasteiger partial charge in [-0.15, -0.1) is 0 Å². The van der Waals surface area contributed by atoms with Gasteiger partial charge in [-0.1, -0.05) is 34.1 Å². The van der Waals surface area contributed by atoms with Crippen LogP contribution in [0.1, 0.15) is 87.7 Å². The molecule has 1 N–H and O–H groups in total. The van der Waals surface area contributed by atoms with E-state index in [4.69, 9.17) is 4.74 Å². The van der Waals surface area contributed by atoms with E-state index in [-0.39, 0.29) is 40.2 Å². The van der Waals surface area contributed by atoms with Crippen molar-refractivity contribution in [3.8, 4) is 5.75 Å². The van der Waals surface area contributed by atoms with E-state index in [1.807, 2.05) is 26.0 Å². The van der Waals surface area contributed by atoms with Gasteiger partial charge in [0, 0.05) is 24.3 Å². The summed E-state index contributed by atoms with van der Waals surface area (Å²) >= 11 is 0. The van der Waals surface area contributed by atoms with Crippen molar-refractivity contribution in [2.45, 2.75) is 71.6 Å². The molecule has 1 aromatic carbocycles. The van der Waals surface area contributed by atoms with Gasteiger partial charge < -0.3 is 9.84 Å². The molecule has 4 heteroatoms. The van der Waals surface area contributed by atoms with Gasteiger partial charge in [-0.05, 0) is 53.4 Å². The number of Topliss-reactive ketones (excluding diaryl/α,β-unsaturated/α-hetero) is 1. The van der Waals surface area contributed by atoms with E-state index in [0.717, 1.165) is 36.0 Å². The summed E-state index contributed by atoms with van der Waals surface area (Å²) in [5.74, 6) is 0.410. The molecule has 2 aliphatic rings. The number of phenols is 1. The number of ketones is 1. The standard InChI is InChI=1S/C22H30O4/c1-13(2)15-9-16-17(10-18(15)24)22(5)8-6-7-21(4,12-26-14(3)23)20(22)11-19(16)25/h9-10,13,20,24H,6-8,11-12H2,1-5H3/t20-,21+,22+/m0/s1. The van der Waals surface area contributed by atoms with Gasteiger partial charge in [0.1, 0.15) is 5.75 Å². The van der Waals surface area contributed by atoms with Crippen molar-refractivity contribution < 1.29 is 19.4 Å². The number of carbonyl (C=O) groups is 2. The molecule has 2 aliphatic carbocycles. The van der Waals surface area contributed by atoms with Gasteiger partial charge >= 0.3 is 5.97 Å². The van der Waals surface area contributed by atoms with E-state index >= 15 is 0 Å². The fourth-order valence-corrected chi connectivity index (χ4v) is 5.28. The third kappa shape index (κ3) is 2.93. The summed E-state index contributed by atoms with van der Waals surface area (Å²) in [4.78, 5) is 24.4. The first-order valence-corrected chi connectivity index (χ1v) is 9.62. The molecule has 3 rings (SSSR count). The third-order valence-electron chi connectivity index (χ3n) is 6.75. The predicted octanol–water partition coefficient (Wildman–Crippen LogP) is 4.73. The van der Waals surface area contributed by atoms with E-state index in [1.54, 1.807) is 0 Å². The summed E-state index contributed by atoms with van der Waals surface area (Å²) in [7, 11) is 0. The van der Waals surface area contributed by atoms with Crippen LogP contribution in [0.5, 0.6) is 5.75 Å². The Labute approximate surface area is 155 Å². The molecule has 1 saturated carbocycles. The van der Waals surface area contributed by atoms with Gasteiger partial charge in [-0.2, -0.15) is 0 Å². The van der Waals surface area contributed by atoms with Crippen molar-refractivity contribution in [3.05, 3.63) is 28.8 Å². The minimum absolute atomic E-state index is 0.104. The van der Waals surface area contributed by atoms with E-state index in [0.29, 0.717) is 13.0 Å². The molecule has 1 aromatic rings. The van der Waals surface area contributed by atoms with Crippen molar-refractivity contribution in [1.82, 2.24) is 0 Å². The molecule has 0 amide bonds. The van der Waals surface area contributed by atoms with Crippen LogP contribution in [-0.2, 0) is 14.9 Å². The number of ether oxygens (including phenoxy) is 1. The Kier molecular flexibility index (Phi) is 4.66. The van der Waals surface area contributed by atoms with Crippen LogP contribution in [0, 0.1) is 11.3 Å². The predicted molar refractivity (Wildman–Crippen MR) is 101 cm³/mol. The second kappa shape index (κ2) is 6.40. The lowest BCUT2D eigenvalue weighted by Crippen LogP contribution is -2.52. The Morgan fingerprint density at radius 3 is 2.62 bits per heavy atom. The molecule has 3 atom stereocenters. The van der Waals surface area contributed by atoms with Crippen LogP contribution < -0.4 is 0 Å². The third-order valence-corrected chi connectivity index (χ3v) is 6.75. The Morgan fingerprint density at radius 2 is 2.00 bits per heavy atom. The summed E-state index contributed by atoms with van der Waals surface area (Å²) in [6.45, 7) is 10.2. The normalized spacial score (nSPS) is 30.7. The number of hydrogen-bond acceptors (Lipinski definition) is 4. The van der Waals surface area contributed by atoms with Crippen LogP contribution >= 0.6 is 0 Å². The number of carbonyl (C=O) groups excluding carboxylic acids is 2. The summed E-state index contributed by atoms with van der Waals surface area (Å²) in [5, 5.41) is 10.6. The molecular formula is C22H30O4. The molecule has 1 fully saturated rings. The van der Waals surface area contributed by atoms with Gasteiger partial charge in [-0.25, -0.2) is 0 Å². The summed E-state index contributed by atoms with van der Waals surface area (Å²) < 4.78 is 5.38. The number of esters is 1. The van der Waals surface area contributed by atoms with Crippen LogP contribution in [-0.4, -0.2) is 23.5 Å². The van der Waals surface area contributed by atoms with Crippen molar-refractivity contribution in [1.29, 1.82) is 0 Å². The highest BCUT2D eigenvalue weighted by Crippen LogP contribution is 2.58. The van der Waals surface area contributed by atoms with Gasteiger partial charge in [0.25, 0.3) is 0 Å². The van der Waals surface area contributed by atoms with E-state index in [9.17, 15) is 14.7 Å². The highest BCUT2D eigenvalue weighted by atomic mass is 16.5. The second-order valence-corrected chi connectivity index (χ2v) is 9.00. The average Bonchev–Trinajstić information content (AvgIpc) is 2.55. The smallest absolute Gasteiger partial charge is 0.302 e. The topological polar surface area (TPSA) is 63.6 Å². The highest BCUT2D eigenvalue weighted by Gasteiger charge is 2.54. The molecule has 0 aliphatic heterocycles. The number of hydrogen-bond donors (Lipinski definition) is 1. The van der Waals surface area contributed by atoms with Gasteiger partial charge in [0.15, 0.2) is 5.78 Å². The first kappa shape index (κ1) is 18.9. The fourth-order valence-electron chi connectivity index (χ4n) is 5.28. The molecule has 0 spiro atoms. The molecule has 0 unspecified atom stereocenters. The Hall–Kier alpha value is -1.84. The monoisotopic (exact) mass is 358 g/mol. The second-order valence-electron chi connectivity index (χ2n) is 9.00. The lowest BCUT2D eigenvalue weighted by atomic mass is 9.49. The van der Waals surface area contributed by atoms with Crippen LogP contribution in [0.2, 0.25) is 0 Å². The minimum atomic E-state index is -0.278. The highest BCUT2D eigenvalue weighted by molar-refractivity contribution is 6.00. The maximum atomic E-state index is 13.0. The van der Waals surface area contributed by atoms with E-state index in [2.05, 4.69) is 13.8 Å². The molecule has 26 heavy (non-hydrogen) atoms. The van der Waals surface area contributed by atoms with Crippen LogP contribution in [0.15, 0.2) is 12.1 Å². The zero-order valence-corrected chi connectivity index (χ0v) is 16.5. The molecular weight excluding hydrogens is 328 g/mol. The first-order valence-electron chi connectivity index (χ1n) is 9.62. The number of aromatic hydroxyl groups is 1. The van der Waals surface area contributed by atoms with Crippen LogP contribution in [0.4, 0.5) is 0 Å². The number of fused-ring (bicyclic) bond motifs is 3. The minimum Gasteiger partial charge on any atom is -0.508 e. The van der Waals surface area contributed by atoms with Gasteiger partial charge in [-0.3, -0.25) is 9.59 Å². The van der Waals surface area contributed by atoms with Crippen molar-refractivity contribution >= 4 is 11.8 Å². The fraction of sp³-hybridized carbons (Fsp3) is 0.636. The molecule has 0 heterocycles. The van der Waals surface area contributed by atoms with E-state index in [1.165, 1.54) is 6.92 Å². The first-order chi connectivity index (χ1) is 12.1. The lowest BCUT2D eigenvalue weighted by molar-refractivity contribution is -0.148. The Balaban J connectivity index is 2.08. The summed E-state index contributed by atoms with van der Waals surface area (Å²) in [6, 6.07) is 3.73. The molecule has 0 radical (unpaired) electrons. The van der Waals surface area contributed by atoms with Crippen molar-refractivity contribution in [2.75, 3.05) is 6.61 Å². The molecule has 0 saturated heterocycles. The number of phenolic OH excluding ortho intramolecular Hbond substituents is 1. The number of benzene rings is 1. The van der Waals surface area contributed by atoms with Crippen LogP contribution in [0.25, 0.3) is 0 Å². The zero-order chi connectivity index (χ0) is 19.3. The quantitative estimate of drug-likeness (QED) is 0.794. The van der Waals surface area contributed by atoms with Crippen LogP contribution in [0.3, 0.4) is 0 Å². The molecule has 142 valence electrons. The summed E-state index contributed by atoms with van der Waals surface area (Å²) in [6.07, 6.45) is 3.42. The lowest BCUT2D eigenvalue weighted by Gasteiger charge is -2.54. The van der Waals surface area contributed by atoms with Crippen molar-refractivity contribution in [2.24, 2.45) is 11.3 Å². The Bertz CT molecular complexity index is 751. The molecule has 0 bridgehead atoms. The van der Waals surface area contributed by atoms with Gasteiger partial charge in [0.05, 0.1) is 6.61 Å². The SMILES string of the molecule is CC(=O)OC[C@@]1(C)CCC[C@]2(C)c3cc(O)c(C(C)C)cc3C(=O)C[C@@H]12. The van der Waals surface area contributed by atoms with Crippen molar-refractivity contribution in [3.63, 3.8) is 0 Å². The van der Waals surface area contributed by atoms with Gasteiger partial charge in [0.2, 0.25) is 0 Å². The average molecular weight is 358 g/mol. The maximum Gasteiger partial charge on any atom is 0.302 e. The largest absolute Gasteiger partial charge is 0.508 e. The molecule has 0 aromatic heterocycles. The maximum absolute atomic E-state index is 13.0. The number of rotatable bonds is 3. The Morgan fingerprint density at radius 1 is 1.31 bits per heavy atom.